The van der Waals surface area contributed by atoms with Crippen LogP contribution in [0.25, 0.3) is 11.3 Å². The molecule has 0 aliphatic rings. The zero-order chi connectivity index (χ0) is 19.0. The first-order valence-electron chi connectivity index (χ1n) is 8.19. The maximum absolute atomic E-state index is 13.1. The summed E-state index contributed by atoms with van der Waals surface area (Å²) in [6, 6.07) is 5.85. The van der Waals surface area contributed by atoms with E-state index in [1.807, 2.05) is 13.8 Å². The number of nitrogens with zero attached hydrogens (tertiary/aromatic N) is 2. The Morgan fingerprint density at radius 1 is 1.24 bits per heavy atom. The zero-order valence-electron chi connectivity index (χ0n) is 15.2. The molecule has 0 aliphatic heterocycles. The molecule has 0 radical (unpaired) electrons. The number of esters is 1. The SMILES string of the molecule is CC.CCOC(=O)Cn1nc(-c2ccc(F)cc2)c(C)c1NC(C)=O. The van der Waals surface area contributed by atoms with E-state index in [1.54, 1.807) is 26.0 Å². The third-order valence-electron chi connectivity index (χ3n) is 3.19. The summed E-state index contributed by atoms with van der Waals surface area (Å²) in [5, 5.41) is 7.03. The topological polar surface area (TPSA) is 73.2 Å². The van der Waals surface area contributed by atoms with Crippen molar-refractivity contribution in [2.45, 2.75) is 41.2 Å². The third kappa shape index (κ3) is 5.41. The second-order valence-corrected chi connectivity index (χ2v) is 4.97. The first-order valence-corrected chi connectivity index (χ1v) is 8.19. The highest BCUT2D eigenvalue weighted by Crippen LogP contribution is 2.28. The molecule has 1 aromatic carbocycles. The molecule has 0 saturated heterocycles. The number of carbonyl (C=O) groups is 2. The van der Waals surface area contributed by atoms with Gasteiger partial charge in [0.25, 0.3) is 0 Å². The summed E-state index contributed by atoms with van der Waals surface area (Å²) in [5.41, 5.74) is 1.95. The second kappa shape index (κ2) is 9.56. The molecule has 0 saturated carbocycles. The minimum atomic E-state index is -0.452. The number of hydrogen-bond donors (Lipinski definition) is 1. The Labute approximate surface area is 147 Å². The number of nitrogens with one attached hydrogen (secondary N) is 1. The van der Waals surface area contributed by atoms with E-state index < -0.39 is 5.97 Å². The standard InChI is InChI=1S/C16H18FN3O3.C2H6/c1-4-23-14(22)9-20-16(18-11(3)21)10(2)15(19-20)12-5-7-13(17)8-6-12;1-2/h5-8H,4,9H2,1-3H3,(H,18,21);1-2H3. The van der Waals surface area contributed by atoms with Crippen molar-refractivity contribution in [3.05, 3.63) is 35.6 Å². The van der Waals surface area contributed by atoms with Crippen molar-refractivity contribution in [3.63, 3.8) is 0 Å². The van der Waals surface area contributed by atoms with Crippen molar-refractivity contribution >= 4 is 17.7 Å². The lowest BCUT2D eigenvalue weighted by Gasteiger charge is -2.07. The van der Waals surface area contributed by atoms with Crippen LogP contribution in [0, 0.1) is 12.7 Å². The molecule has 2 aromatic rings. The lowest BCUT2D eigenvalue weighted by molar-refractivity contribution is -0.144. The molecule has 1 amide bonds. The van der Waals surface area contributed by atoms with E-state index in [-0.39, 0.29) is 24.9 Å². The molecule has 0 fully saturated rings. The third-order valence-corrected chi connectivity index (χ3v) is 3.19. The molecule has 1 heterocycles. The highest BCUT2D eigenvalue weighted by atomic mass is 19.1. The van der Waals surface area contributed by atoms with Crippen LogP contribution in [-0.4, -0.2) is 28.3 Å². The minimum absolute atomic E-state index is 0.120. The van der Waals surface area contributed by atoms with Gasteiger partial charge in [-0.1, -0.05) is 13.8 Å². The van der Waals surface area contributed by atoms with E-state index in [4.69, 9.17) is 4.74 Å². The average Bonchev–Trinajstić information content (AvgIpc) is 2.86. The lowest BCUT2D eigenvalue weighted by Crippen LogP contribution is -2.18. The molecule has 0 bridgehead atoms. The summed E-state index contributed by atoms with van der Waals surface area (Å²) in [6.45, 7) is 9.01. The fraction of sp³-hybridized carbons (Fsp3) is 0.389. The Morgan fingerprint density at radius 3 is 2.36 bits per heavy atom. The number of aromatic nitrogens is 2. The predicted molar refractivity (Wildman–Crippen MR) is 94.6 cm³/mol. The van der Waals surface area contributed by atoms with E-state index in [9.17, 15) is 14.0 Å². The highest BCUT2D eigenvalue weighted by Gasteiger charge is 2.19. The summed E-state index contributed by atoms with van der Waals surface area (Å²) < 4.78 is 19.4. The van der Waals surface area contributed by atoms with Crippen LogP contribution in [-0.2, 0) is 20.9 Å². The van der Waals surface area contributed by atoms with Gasteiger partial charge in [-0.25, -0.2) is 9.07 Å². The fourth-order valence-electron chi connectivity index (χ4n) is 2.20. The average molecular weight is 349 g/mol. The van der Waals surface area contributed by atoms with Gasteiger partial charge in [0.05, 0.1) is 12.3 Å². The van der Waals surface area contributed by atoms with Crippen molar-refractivity contribution < 1.29 is 18.7 Å². The predicted octanol–water partition coefficient (Wildman–Crippen LogP) is 3.55. The largest absolute Gasteiger partial charge is 0.465 e. The number of halogens is 1. The van der Waals surface area contributed by atoms with Crippen LogP contribution < -0.4 is 5.32 Å². The van der Waals surface area contributed by atoms with Crippen LogP contribution in [0.2, 0.25) is 0 Å². The number of benzene rings is 1. The summed E-state index contributed by atoms with van der Waals surface area (Å²) in [5.74, 6) is -0.652. The Morgan fingerprint density at radius 2 is 1.84 bits per heavy atom. The summed E-state index contributed by atoms with van der Waals surface area (Å²) in [7, 11) is 0. The first-order chi connectivity index (χ1) is 11.9. The molecular formula is C18H24FN3O3. The summed E-state index contributed by atoms with van der Waals surface area (Å²) >= 11 is 0. The van der Waals surface area contributed by atoms with E-state index in [0.717, 1.165) is 0 Å². The van der Waals surface area contributed by atoms with Gasteiger partial charge in [0.2, 0.25) is 5.91 Å². The number of hydrogen-bond acceptors (Lipinski definition) is 4. The van der Waals surface area contributed by atoms with Crippen molar-refractivity contribution in [2.24, 2.45) is 0 Å². The Kier molecular flexibility index (Phi) is 7.78. The van der Waals surface area contributed by atoms with E-state index in [2.05, 4.69) is 10.4 Å². The van der Waals surface area contributed by atoms with Gasteiger partial charge in [0.15, 0.2) is 0 Å². The van der Waals surface area contributed by atoms with Gasteiger partial charge >= 0.3 is 5.97 Å². The molecule has 25 heavy (non-hydrogen) atoms. The molecule has 7 heteroatoms. The zero-order valence-corrected chi connectivity index (χ0v) is 15.2. The van der Waals surface area contributed by atoms with E-state index >= 15 is 0 Å². The smallest absolute Gasteiger partial charge is 0.327 e. The van der Waals surface area contributed by atoms with Crippen LogP contribution in [0.3, 0.4) is 0 Å². The van der Waals surface area contributed by atoms with Crippen LogP contribution >= 0.6 is 0 Å². The van der Waals surface area contributed by atoms with Gasteiger partial charge in [-0.05, 0) is 38.1 Å². The van der Waals surface area contributed by atoms with E-state index in [0.29, 0.717) is 22.6 Å². The van der Waals surface area contributed by atoms with Gasteiger partial charge in [0, 0.05) is 18.1 Å². The monoisotopic (exact) mass is 349 g/mol. The van der Waals surface area contributed by atoms with Gasteiger partial charge < -0.3 is 10.1 Å². The molecule has 136 valence electrons. The van der Waals surface area contributed by atoms with E-state index in [1.165, 1.54) is 23.7 Å². The fourth-order valence-corrected chi connectivity index (χ4v) is 2.20. The molecule has 1 aromatic heterocycles. The van der Waals surface area contributed by atoms with Gasteiger partial charge in [-0.3, -0.25) is 9.59 Å². The number of ether oxygens (including phenoxy) is 1. The normalized spacial score (nSPS) is 9.84. The Bertz CT molecular complexity index is 724. The van der Waals surface area contributed by atoms with Crippen molar-refractivity contribution in [2.75, 3.05) is 11.9 Å². The number of anilines is 1. The molecule has 1 N–H and O–H groups in total. The van der Waals surface area contributed by atoms with Crippen LogP contribution in [0.15, 0.2) is 24.3 Å². The Hall–Kier alpha value is -2.70. The maximum Gasteiger partial charge on any atom is 0.327 e. The molecule has 6 nitrogen and oxygen atoms in total. The summed E-state index contributed by atoms with van der Waals surface area (Å²) in [6.07, 6.45) is 0. The number of carbonyl (C=O) groups excluding carboxylic acids is 2. The Balaban J connectivity index is 0.00000151. The molecule has 0 spiro atoms. The van der Waals surface area contributed by atoms with Gasteiger partial charge in [-0.15, -0.1) is 0 Å². The van der Waals surface area contributed by atoms with Crippen molar-refractivity contribution in [1.82, 2.24) is 9.78 Å². The highest BCUT2D eigenvalue weighted by molar-refractivity contribution is 5.90. The quantitative estimate of drug-likeness (QED) is 0.838. The second-order valence-electron chi connectivity index (χ2n) is 4.97. The lowest BCUT2D eigenvalue weighted by atomic mass is 10.1. The minimum Gasteiger partial charge on any atom is -0.465 e. The first kappa shape index (κ1) is 20.3. The number of amides is 1. The van der Waals surface area contributed by atoms with Crippen LogP contribution in [0.4, 0.5) is 10.2 Å². The molecule has 2 rings (SSSR count). The molecular weight excluding hydrogens is 325 g/mol. The van der Waals surface area contributed by atoms with Crippen LogP contribution in [0.1, 0.15) is 33.3 Å². The number of rotatable bonds is 5. The molecule has 0 unspecified atom stereocenters. The summed E-state index contributed by atoms with van der Waals surface area (Å²) in [4.78, 5) is 23.1. The van der Waals surface area contributed by atoms with Crippen molar-refractivity contribution in [3.8, 4) is 11.3 Å². The van der Waals surface area contributed by atoms with Gasteiger partial charge in [-0.2, -0.15) is 5.10 Å². The van der Waals surface area contributed by atoms with Crippen LogP contribution in [0.5, 0.6) is 0 Å². The maximum atomic E-state index is 13.1. The molecule has 0 aliphatic carbocycles. The van der Waals surface area contributed by atoms with Gasteiger partial charge in [0.1, 0.15) is 18.2 Å². The molecule has 0 atom stereocenters. The van der Waals surface area contributed by atoms with Crippen molar-refractivity contribution in [1.29, 1.82) is 0 Å².